The van der Waals surface area contributed by atoms with Crippen LogP contribution in [0.5, 0.6) is 0 Å². The maximum atomic E-state index is 11.2. The first-order valence-electron chi connectivity index (χ1n) is 4.30. The van der Waals surface area contributed by atoms with E-state index in [1.807, 2.05) is 0 Å². The minimum atomic E-state index is -3.83. The molecule has 0 aliphatic rings. The zero-order chi connectivity index (χ0) is 12.8. The number of benzene rings is 1. The Labute approximate surface area is 109 Å². The molecule has 0 spiro atoms. The van der Waals surface area contributed by atoms with Gasteiger partial charge in [0, 0.05) is 21.6 Å². The first kappa shape index (κ1) is 12.4. The van der Waals surface area contributed by atoms with Gasteiger partial charge in [-0.15, -0.1) is 0 Å². The van der Waals surface area contributed by atoms with Gasteiger partial charge < -0.3 is 10.1 Å². The van der Waals surface area contributed by atoms with Crippen molar-refractivity contribution in [3.8, 4) is 0 Å². The number of carbonyl (C=O) groups is 1. The number of aromatic nitrogens is 1. The van der Waals surface area contributed by atoms with Crippen LogP contribution in [0, 0.1) is 0 Å². The quantitative estimate of drug-likeness (QED) is 0.824. The Morgan fingerprint density at radius 1 is 1.41 bits per heavy atom. The predicted molar refractivity (Wildman–Crippen MR) is 66.0 cm³/mol. The lowest BCUT2D eigenvalue weighted by Gasteiger charge is -1.96. The topological polar surface area (TPSA) is 87.2 Å². The minimum absolute atomic E-state index is 0.0379. The largest absolute Gasteiger partial charge is 0.477 e. The van der Waals surface area contributed by atoms with Crippen molar-refractivity contribution in [1.82, 2.24) is 4.98 Å². The fourth-order valence-electron chi connectivity index (χ4n) is 1.44. The lowest BCUT2D eigenvalue weighted by molar-refractivity contribution is 0.0690. The van der Waals surface area contributed by atoms with Crippen LogP contribution in [-0.4, -0.2) is 24.5 Å². The zero-order valence-electron chi connectivity index (χ0n) is 8.07. The monoisotopic (exact) mass is 337 g/mol. The highest BCUT2D eigenvalue weighted by atomic mass is 79.9. The fourth-order valence-corrected chi connectivity index (χ4v) is 2.81. The highest BCUT2D eigenvalue weighted by molar-refractivity contribution is 9.10. The van der Waals surface area contributed by atoms with Gasteiger partial charge in [0.25, 0.3) is 9.05 Å². The van der Waals surface area contributed by atoms with E-state index in [1.54, 1.807) is 0 Å². The van der Waals surface area contributed by atoms with E-state index in [1.165, 1.54) is 18.2 Å². The third-order valence-electron chi connectivity index (χ3n) is 2.20. The first-order chi connectivity index (χ1) is 7.80. The fraction of sp³-hybridized carbons (Fsp3) is 0. The highest BCUT2D eigenvalue weighted by Gasteiger charge is 2.17. The summed E-state index contributed by atoms with van der Waals surface area (Å²) in [6.07, 6.45) is 0. The van der Waals surface area contributed by atoms with Crippen LogP contribution in [0.2, 0.25) is 0 Å². The van der Waals surface area contributed by atoms with Crippen LogP contribution in [0.15, 0.2) is 27.6 Å². The van der Waals surface area contributed by atoms with E-state index in [9.17, 15) is 13.2 Å². The molecule has 1 heterocycles. The Morgan fingerprint density at radius 3 is 2.59 bits per heavy atom. The zero-order valence-corrected chi connectivity index (χ0v) is 11.2. The van der Waals surface area contributed by atoms with Gasteiger partial charge in [0.2, 0.25) is 0 Å². The molecule has 0 unspecified atom stereocenters. The summed E-state index contributed by atoms with van der Waals surface area (Å²) in [7, 11) is 1.38. The van der Waals surface area contributed by atoms with Crippen molar-refractivity contribution in [2.45, 2.75) is 4.90 Å². The van der Waals surface area contributed by atoms with E-state index in [2.05, 4.69) is 20.9 Å². The number of aromatic carboxylic acids is 1. The summed E-state index contributed by atoms with van der Waals surface area (Å²) in [5.74, 6) is -1.14. The van der Waals surface area contributed by atoms with E-state index in [4.69, 9.17) is 15.8 Å². The minimum Gasteiger partial charge on any atom is -0.477 e. The van der Waals surface area contributed by atoms with Gasteiger partial charge in [0.05, 0.1) is 9.37 Å². The molecular formula is C9H5BrClNO4S. The second kappa shape index (κ2) is 4.01. The molecule has 2 N–H and O–H groups in total. The van der Waals surface area contributed by atoms with Crippen LogP contribution in [0.3, 0.4) is 0 Å². The lowest BCUT2D eigenvalue weighted by atomic mass is 10.2. The van der Waals surface area contributed by atoms with Crippen molar-refractivity contribution >= 4 is 52.5 Å². The van der Waals surface area contributed by atoms with Crippen LogP contribution in [0.1, 0.15) is 10.5 Å². The first-order valence-corrected chi connectivity index (χ1v) is 7.40. The SMILES string of the molecule is O=C(O)c1[nH]c2ccc(S(=O)(=O)Cl)cc2c1Br. The second-order valence-electron chi connectivity index (χ2n) is 3.26. The number of aromatic amines is 1. The smallest absolute Gasteiger partial charge is 0.353 e. The molecule has 0 bridgehead atoms. The average Bonchev–Trinajstić information content (AvgIpc) is 2.54. The van der Waals surface area contributed by atoms with Crippen molar-refractivity contribution in [2.75, 3.05) is 0 Å². The number of carboxylic acids is 1. The molecule has 0 amide bonds. The van der Waals surface area contributed by atoms with E-state index >= 15 is 0 Å². The van der Waals surface area contributed by atoms with Gasteiger partial charge in [0.1, 0.15) is 5.69 Å². The maximum absolute atomic E-state index is 11.2. The summed E-state index contributed by atoms with van der Waals surface area (Å²) in [5.41, 5.74) is 0.475. The van der Waals surface area contributed by atoms with Crippen LogP contribution in [0.4, 0.5) is 0 Å². The van der Waals surface area contributed by atoms with Gasteiger partial charge in [-0.25, -0.2) is 13.2 Å². The van der Waals surface area contributed by atoms with E-state index in [0.717, 1.165) is 0 Å². The van der Waals surface area contributed by atoms with Crippen LogP contribution >= 0.6 is 26.6 Å². The van der Waals surface area contributed by atoms with Crippen LogP contribution in [-0.2, 0) is 9.05 Å². The van der Waals surface area contributed by atoms with Gasteiger partial charge in [-0.1, -0.05) is 0 Å². The molecule has 1 aromatic carbocycles. The molecular weight excluding hydrogens is 334 g/mol. The van der Waals surface area contributed by atoms with Gasteiger partial charge in [0.15, 0.2) is 0 Å². The Hall–Kier alpha value is -1.05. The number of carboxylic acid groups (broad SMARTS) is 1. The van der Waals surface area contributed by atoms with Crippen molar-refractivity contribution in [3.63, 3.8) is 0 Å². The Bertz CT molecular complexity index is 722. The van der Waals surface area contributed by atoms with Gasteiger partial charge >= 0.3 is 5.97 Å². The number of rotatable bonds is 2. The number of nitrogens with one attached hydrogen (secondary N) is 1. The molecule has 2 rings (SSSR count). The van der Waals surface area contributed by atoms with Crippen molar-refractivity contribution in [2.24, 2.45) is 0 Å². The number of fused-ring (bicyclic) bond motifs is 1. The molecule has 0 aliphatic carbocycles. The van der Waals surface area contributed by atoms with Crippen molar-refractivity contribution in [3.05, 3.63) is 28.4 Å². The van der Waals surface area contributed by atoms with Crippen molar-refractivity contribution in [1.29, 1.82) is 0 Å². The summed E-state index contributed by atoms with van der Waals surface area (Å²) in [6, 6.07) is 4.08. The summed E-state index contributed by atoms with van der Waals surface area (Å²) in [4.78, 5) is 13.4. The number of hydrogen-bond donors (Lipinski definition) is 2. The Kier molecular flexibility index (Phi) is 2.92. The van der Waals surface area contributed by atoms with Crippen LogP contribution in [0.25, 0.3) is 10.9 Å². The number of hydrogen-bond acceptors (Lipinski definition) is 3. The molecule has 2 aromatic rings. The van der Waals surface area contributed by atoms with Gasteiger partial charge in [-0.05, 0) is 34.1 Å². The third kappa shape index (κ3) is 2.18. The molecule has 0 atom stereocenters. The predicted octanol–water partition coefficient (Wildman–Crippen LogP) is 2.56. The second-order valence-corrected chi connectivity index (χ2v) is 6.62. The molecule has 1 aromatic heterocycles. The highest BCUT2D eigenvalue weighted by Crippen LogP contribution is 2.30. The third-order valence-corrected chi connectivity index (χ3v) is 4.38. The molecule has 0 aliphatic heterocycles. The molecule has 5 nitrogen and oxygen atoms in total. The summed E-state index contributed by atoms with van der Waals surface area (Å²) < 4.78 is 22.6. The van der Waals surface area contributed by atoms with E-state index < -0.39 is 15.0 Å². The molecule has 0 fully saturated rings. The van der Waals surface area contributed by atoms with E-state index in [-0.39, 0.29) is 10.6 Å². The Morgan fingerprint density at radius 2 is 2.06 bits per heavy atom. The maximum Gasteiger partial charge on any atom is 0.353 e. The summed E-state index contributed by atoms with van der Waals surface area (Å²) in [6.45, 7) is 0. The average molecular weight is 339 g/mol. The van der Waals surface area contributed by atoms with Gasteiger partial charge in [-0.2, -0.15) is 0 Å². The molecule has 0 saturated heterocycles. The summed E-state index contributed by atoms with van der Waals surface area (Å²) >= 11 is 3.10. The van der Waals surface area contributed by atoms with Crippen LogP contribution < -0.4 is 0 Å². The molecule has 17 heavy (non-hydrogen) atoms. The molecule has 90 valence electrons. The molecule has 0 saturated carbocycles. The van der Waals surface area contributed by atoms with Crippen molar-refractivity contribution < 1.29 is 18.3 Å². The molecule has 8 heteroatoms. The standard InChI is InChI=1S/C9H5BrClNO4S/c10-7-5-3-4(17(11,15)16)1-2-6(5)12-8(7)9(13)14/h1-3,12H,(H,13,14). The number of halogens is 2. The lowest BCUT2D eigenvalue weighted by Crippen LogP contribution is -1.96. The normalized spacial score (nSPS) is 11.9. The molecule has 0 radical (unpaired) electrons. The number of H-pyrrole nitrogens is 1. The Balaban J connectivity index is 2.78. The van der Waals surface area contributed by atoms with Gasteiger partial charge in [-0.3, -0.25) is 0 Å². The van der Waals surface area contributed by atoms with E-state index in [0.29, 0.717) is 15.4 Å². The summed E-state index contributed by atoms with van der Waals surface area (Å²) in [5, 5.41) is 9.34.